The highest BCUT2D eigenvalue weighted by Crippen LogP contribution is 2.36. The number of aromatic nitrogens is 1. The lowest BCUT2D eigenvalue weighted by molar-refractivity contribution is -0.124. The summed E-state index contributed by atoms with van der Waals surface area (Å²) in [7, 11) is 0. The van der Waals surface area contributed by atoms with Crippen LogP contribution in [0.1, 0.15) is 24.2 Å². The summed E-state index contributed by atoms with van der Waals surface area (Å²) in [5.41, 5.74) is 1.30. The van der Waals surface area contributed by atoms with Crippen LogP contribution in [0.25, 0.3) is 0 Å². The van der Waals surface area contributed by atoms with Crippen LogP contribution in [0.5, 0.6) is 0 Å². The molecular weight excluding hydrogens is 330 g/mol. The first-order chi connectivity index (χ1) is 12.8. The first kappa shape index (κ1) is 17.2. The molecule has 1 N–H and O–H groups in total. The summed E-state index contributed by atoms with van der Waals surface area (Å²) in [6, 6.07) is 7.83. The number of fused-ring (bicyclic) bond motifs is 1. The maximum absolute atomic E-state index is 12.2. The van der Waals surface area contributed by atoms with E-state index in [-0.39, 0.29) is 12.0 Å². The Morgan fingerprint density at radius 2 is 2.19 bits per heavy atom. The molecule has 1 amide bonds. The van der Waals surface area contributed by atoms with Gasteiger partial charge >= 0.3 is 0 Å². The van der Waals surface area contributed by atoms with E-state index >= 15 is 0 Å². The summed E-state index contributed by atoms with van der Waals surface area (Å²) in [5.74, 6) is 1.81. The van der Waals surface area contributed by atoms with E-state index in [0.717, 1.165) is 38.4 Å². The first-order valence-electron chi connectivity index (χ1n) is 9.30. The van der Waals surface area contributed by atoms with Gasteiger partial charge < -0.3 is 14.5 Å². The van der Waals surface area contributed by atoms with Crippen LogP contribution in [-0.4, -0.2) is 41.6 Å². The maximum Gasteiger partial charge on any atom is 0.222 e. The molecule has 138 valence electrons. The van der Waals surface area contributed by atoms with Crippen LogP contribution < -0.4 is 5.32 Å². The fourth-order valence-electron chi connectivity index (χ4n) is 4.12. The van der Waals surface area contributed by atoms with Crippen LogP contribution in [0.3, 0.4) is 0 Å². The topological polar surface area (TPSA) is 67.6 Å². The fraction of sp³-hybridized carbons (Fsp3) is 0.500. The van der Waals surface area contributed by atoms with Gasteiger partial charge in [0.25, 0.3) is 0 Å². The summed E-state index contributed by atoms with van der Waals surface area (Å²) >= 11 is 0. The van der Waals surface area contributed by atoms with Crippen LogP contribution >= 0.6 is 0 Å². The number of rotatable bonds is 6. The average molecular weight is 355 g/mol. The number of carbonyl (C=O) groups is 1. The highest BCUT2D eigenvalue weighted by molar-refractivity contribution is 5.76. The number of nitrogens with zero attached hydrogens (tertiary/aromatic N) is 2. The molecule has 4 heterocycles. The van der Waals surface area contributed by atoms with Crippen LogP contribution in [-0.2, 0) is 22.6 Å². The Morgan fingerprint density at radius 3 is 3.00 bits per heavy atom. The molecule has 0 radical (unpaired) electrons. The Balaban J connectivity index is 1.25. The van der Waals surface area contributed by atoms with E-state index < -0.39 is 0 Å². The largest absolute Gasteiger partial charge is 0.467 e. The van der Waals surface area contributed by atoms with E-state index in [1.165, 1.54) is 5.56 Å². The lowest BCUT2D eigenvalue weighted by atomic mass is 9.83. The molecule has 2 fully saturated rings. The molecule has 0 aliphatic carbocycles. The Hall–Kier alpha value is -2.18. The number of nitrogens with one attached hydrogen (secondary N) is 1. The predicted octanol–water partition coefficient (Wildman–Crippen LogP) is 2.22. The van der Waals surface area contributed by atoms with Gasteiger partial charge in [0.15, 0.2) is 0 Å². The maximum atomic E-state index is 12.2. The third-order valence-electron chi connectivity index (χ3n) is 5.46. The van der Waals surface area contributed by atoms with Crippen molar-refractivity contribution in [2.75, 3.05) is 19.7 Å². The molecule has 26 heavy (non-hydrogen) atoms. The molecule has 0 aromatic carbocycles. The molecule has 4 rings (SSSR count). The molecule has 0 spiro atoms. The van der Waals surface area contributed by atoms with Crippen molar-refractivity contribution in [3.05, 3.63) is 54.2 Å². The smallest absolute Gasteiger partial charge is 0.222 e. The Morgan fingerprint density at radius 1 is 1.31 bits per heavy atom. The zero-order valence-electron chi connectivity index (χ0n) is 14.8. The molecule has 0 saturated carbocycles. The quantitative estimate of drug-likeness (QED) is 0.861. The number of likely N-dealkylation sites (tertiary alicyclic amines) is 1. The molecule has 0 bridgehead atoms. The lowest BCUT2D eigenvalue weighted by Gasteiger charge is -2.35. The number of carbonyl (C=O) groups excluding carboxylic acids is 1. The standard InChI is InChI=1S/C20H25N3O3/c24-20(22-11-17-2-1-9-25-17)10-19-18-5-8-23(13-16(18)14-26-19)12-15-3-6-21-7-4-15/h1-4,6-7,9,16,18-19H,5,8,10-14H2,(H,22,24)/t16-,18-,19-/m1/s1. The minimum Gasteiger partial charge on any atom is -0.467 e. The number of piperidine rings is 1. The Bertz CT molecular complexity index is 704. The molecule has 2 saturated heterocycles. The molecule has 3 atom stereocenters. The van der Waals surface area contributed by atoms with Gasteiger partial charge in [0.05, 0.1) is 31.9 Å². The van der Waals surface area contributed by atoms with Crippen LogP contribution in [0, 0.1) is 11.8 Å². The molecule has 0 unspecified atom stereocenters. The zero-order valence-corrected chi connectivity index (χ0v) is 14.8. The van der Waals surface area contributed by atoms with Crippen molar-refractivity contribution in [3.63, 3.8) is 0 Å². The van der Waals surface area contributed by atoms with Crippen molar-refractivity contribution in [2.45, 2.75) is 32.0 Å². The van der Waals surface area contributed by atoms with E-state index in [1.54, 1.807) is 6.26 Å². The van der Waals surface area contributed by atoms with Crippen molar-refractivity contribution in [1.82, 2.24) is 15.2 Å². The monoisotopic (exact) mass is 355 g/mol. The van der Waals surface area contributed by atoms with Crippen molar-refractivity contribution < 1.29 is 13.9 Å². The molecular formula is C20H25N3O3. The second-order valence-corrected chi connectivity index (χ2v) is 7.24. The van der Waals surface area contributed by atoms with Crippen LogP contribution in [0.15, 0.2) is 47.3 Å². The van der Waals surface area contributed by atoms with Crippen molar-refractivity contribution >= 4 is 5.91 Å². The van der Waals surface area contributed by atoms with Gasteiger partial charge in [-0.1, -0.05) is 0 Å². The van der Waals surface area contributed by atoms with Crippen LogP contribution in [0.2, 0.25) is 0 Å². The SMILES string of the molecule is O=C(C[C@H]1OC[C@H]2CN(Cc3ccncc3)CC[C@H]21)NCc1ccco1. The zero-order chi connectivity index (χ0) is 17.8. The second-order valence-electron chi connectivity index (χ2n) is 7.24. The normalized spacial score (nSPS) is 25.8. The number of hydrogen-bond acceptors (Lipinski definition) is 5. The first-order valence-corrected chi connectivity index (χ1v) is 9.30. The average Bonchev–Trinajstić information content (AvgIpc) is 3.31. The molecule has 6 nitrogen and oxygen atoms in total. The van der Waals surface area contributed by atoms with Crippen LogP contribution in [0.4, 0.5) is 0 Å². The summed E-state index contributed by atoms with van der Waals surface area (Å²) in [6.45, 7) is 4.24. The van der Waals surface area contributed by atoms with E-state index in [0.29, 0.717) is 24.8 Å². The minimum absolute atomic E-state index is 0.0336. The van der Waals surface area contributed by atoms with Crippen molar-refractivity contribution in [2.24, 2.45) is 11.8 Å². The van der Waals surface area contributed by atoms with Gasteiger partial charge in [-0.25, -0.2) is 0 Å². The molecule has 2 aromatic heterocycles. The molecule has 2 aromatic rings. The number of amides is 1. The lowest BCUT2D eigenvalue weighted by Crippen LogP contribution is -2.41. The number of furan rings is 1. The van der Waals surface area contributed by atoms with Gasteiger partial charge in [-0.05, 0) is 48.7 Å². The number of pyridine rings is 1. The highest BCUT2D eigenvalue weighted by Gasteiger charge is 2.41. The highest BCUT2D eigenvalue weighted by atomic mass is 16.5. The van der Waals surface area contributed by atoms with E-state index in [1.807, 2.05) is 24.5 Å². The summed E-state index contributed by atoms with van der Waals surface area (Å²) in [4.78, 5) is 18.8. The molecule has 2 aliphatic heterocycles. The summed E-state index contributed by atoms with van der Waals surface area (Å²) < 4.78 is 11.2. The Labute approximate surface area is 153 Å². The number of hydrogen-bond donors (Lipinski definition) is 1. The van der Waals surface area contributed by atoms with Gasteiger partial charge in [-0.15, -0.1) is 0 Å². The fourth-order valence-corrected chi connectivity index (χ4v) is 4.12. The summed E-state index contributed by atoms with van der Waals surface area (Å²) in [5, 5.41) is 2.92. The van der Waals surface area contributed by atoms with Gasteiger partial charge in [-0.2, -0.15) is 0 Å². The van der Waals surface area contributed by atoms with E-state index in [9.17, 15) is 4.79 Å². The summed E-state index contributed by atoms with van der Waals surface area (Å²) in [6.07, 6.45) is 6.87. The third-order valence-corrected chi connectivity index (χ3v) is 5.46. The van der Waals surface area contributed by atoms with E-state index in [4.69, 9.17) is 9.15 Å². The van der Waals surface area contributed by atoms with Crippen molar-refractivity contribution in [3.8, 4) is 0 Å². The molecule has 6 heteroatoms. The van der Waals surface area contributed by atoms with Gasteiger partial charge in [0, 0.05) is 31.4 Å². The molecule has 2 aliphatic rings. The third kappa shape index (κ3) is 4.14. The van der Waals surface area contributed by atoms with Gasteiger partial charge in [-0.3, -0.25) is 14.7 Å². The Kier molecular flexibility index (Phi) is 5.32. The van der Waals surface area contributed by atoms with Gasteiger partial charge in [0.2, 0.25) is 5.91 Å². The minimum atomic E-state index is 0.0336. The van der Waals surface area contributed by atoms with Crippen molar-refractivity contribution in [1.29, 1.82) is 0 Å². The van der Waals surface area contributed by atoms with E-state index in [2.05, 4.69) is 27.3 Å². The predicted molar refractivity (Wildman–Crippen MR) is 96.0 cm³/mol. The number of ether oxygens (including phenoxy) is 1. The van der Waals surface area contributed by atoms with Gasteiger partial charge in [0.1, 0.15) is 5.76 Å². The second kappa shape index (κ2) is 8.01.